The van der Waals surface area contributed by atoms with Gasteiger partial charge in [-0.1, -0.05) is 6.07 Å². The lowest BCUT2D eigenvalue weighted by Gasteiger charge is -2.23. The maximum Gasteiger partial charge on any atom is 0.111 e. The van der Waals surface area contributed by atoms with Gasteiger partial charge in [0.25, 0.3) is 0 Å². The van der Waals surface area contributed by atoms with Crippen molar-refractivity contribution in [3.63, 3.8) is 0 Å². The number of halogens is 1. The molecule has 1 unspecified atom stereocenters. The highest BCUT2D eigenvalue weighted by atomic mass is 35.5. The number of hydrogen-bond acceptors (Lipinski definition) is 2. The van der Waals surface area contributed by atoms with Gasteiger partial charge in [0.15, 0.2) is 0 Å². The smallest absolute Gasteiger partial charge is 0.111 e. The Morgan fingerprint density at radius 2 is 2.29 bits per heavy atom. The van der Waals surface area contributed by atoms with Gasteiger partial charge in [-0.3, -0.25) is 0 Å². The molecule has 1 atom stereocenters. The number of benzene rings is 1. The first kappa shape index (κ1) is 14.9. The van der Waals surface area contributed by atoms with Gasteiger partial charge in [0, 0.05) is 25.5 Å². The lowest BCUT2D eigenvalue weighted by atomic mass is 10.1. The van der Waals surface area contributed by atoms with E-state index in [0.29, 0.717) is 12.0 Å². The number of imidazole rings is 1. The fraction of sp³-hybridized carbons (Fsp3) is 0.588. The molecule has 2 aromatic rings. The third kappa shape index (κ3) is 3.41. The van der Waals surface area contributed by atoms with Crippen molar-refractivity contribution in [3.8, 4) is 0 Å². The van der Waals surface area contributed by atoms with Crippen molar-refractivity contribution in [1.82, 2.24) is 9.55 Å². The number of alkyl halides is 1. The van der Waals surface area contributed by atoms with E-state index in [2.05, 4.69) is 29.7 Å². The Balaban J connectivity index is 1.83. The second-order valence-electron chi connectivity index (χ2n) is 5.89. The first-order chi connectivity index (χ1) is 10.3. The highest BCUT2D eigenvalue weighted by molar-refractivity contribution is 6.17. The zero-order valence-corrected chi connectivity index (χ0v) is 13.4. The van der Waals surface area contributed by atoms with Crippen LogP contribution in [0.2, 0.25) is 0 Å². The van der Waals surface area contributed by atoms with Gasteiger partial charge < -0.3 is 9.30 Å². The summed E-state index contributed by atoms with van der Waals surface area (Å²) < 4.78 is 8.19. The lowest BCUT2D eigenvalue weighted by molar-refractivity contribution is 0.00887. The van der Waals surface area contributed by atoms with E-state index in [0.717, 1.165) is 37.3 Å². The fourth-order valence-electron chi connectivity index (χ4n) is 3.12. The number of rotatable bonds is 5. The minimum Gasteiger partial charge on any atom is -0.378 e. The van der Waals surface area contributed by atoms with E-state index < -0.39 is 0 Å². The van der Waals surface area contributed by atoms with Crippen LogP contribution in [-0.2, 0) is 17.7 Å². The predicted octanol–water partition coefficient (Wildman–Crippen LogP) is 4.09. The number of aryl methyl sites for hydroxylation is 3. The SMILES string of the molecule is Cc1ccc2nc(CCCl)n(CCC3CCCCO3)c2c1. The number of nitrogens with zero attached hydrogens (tertiary/aromatic N) is 2. The molecule has 1 aromatic heterocycles. The van der Waals surface area contributed by atoms with Gasteiger partial charge in [-0.2, -0.15) is 0 Å². The van der Waals surface area contributed by atoms with Crippen LogP contribution in [0.15, 0.2) is 18.2 Å². The molecule has 1 aliphatic heterocycles. The zero-order valence-electron chi connectivity index (χ0n) is 12.6. The lowest BCUT2D eigenvalue weighted by Crippen LogP contribution is -2.21. The second kappa shape index (κ2) is 6.80. The molecule has 1 fully saturated rings. The molecule has 0 amide bonds. The van der Waals surface area contributed by atoms with E-state index in [-0.39, 0.29) is 0 Å². The predicted molar refractivity (Wildman–Crippen MR) is 87.1 cm³/mol. The normalized spacial score (nSPS) is 19.2. The van der Waals surface area contributed by atoms with Crippen molar-refractivity contribution in [2.45, 2.75) is 51.7 Å². The van der Waals surface area contributed by atoms with Crippen LogP contribution in [0.4, 0.5) is 0 Å². The number of ether oxygens (including phenoxy) is 1. The summed E-state index contributed by atoms with van der Waals surface area (Å²) in [5, 5.41) is 0. The van der Waals surface area contributed by atoms with Crippen molar-refractivity contribution in [3.05, 3.63) is 29.6 Å². The van der Waals surface area contributed by atoms with Gasteiger partial charge in [-0.25, -0.2) is 4.98 Å². The number of aromatic nitrogens is 2. The van der Waals surface area contributed by atoms with Crippen molar-refractivity contribution in [2.75, 3.05) is 12.5 Å². The number of hydrogen-bond donors (Lipinski definition) is 0. The molecule has 3 rings (SSSR count). The van der Waals surface area contributed by atoms with Crippen molar-refractivity contribution >= 4 is 22.6 Å². The van der Waals surface area contributed by atoms with Gasteiger partial charge in [0.1, 0.15) is 5.82 Å². The van der Waals surface area contributed by atoms with Gasteiger partial charge in [-0.15, -0.1) is 11.6 Å². The maximum absolute atomic E-state index is 5.94. The van der Waals surface area contributed by atoms with Crippen molar-refractivity contribution in [1.29, 1.82) is 0 Å². The first-order valence-electron chi connectivity index (χ1n) is 7.91. The Bertz CT molecular complexity index is 602. The molecule has 114 valence electrons. The minimum absolute atomic E-state index is 0.407. The molecule has 0 N–H and O–H groups in total. The molecular formula is C17H23ClN2O. The van der Waals surface area contributed by atoms with E-state index in [4.69, 9.17) is 21.3 Å². The molecule has 1 saturated heterocycles. The zero-order chi connectivity index (χ0) is 14.7. The van der Waals surface area contributed by atoms with E-state index in [1.54, 1.807) is 0 Å². The molecule has 0 aliphatic carbocycles. The topological polar surface area (TPSA) is 27.1 Å². The molecule has 0 radical (unpaired) electrons. The van der Waals surface area contributed by atoms with E-state index >= 15 is 0 Å². The molecule has 0 saturated carbocycles. The summed E-state index contributed by atoms with van der Waals surface area (Å²) in [7, 11) is 0. The maximum atomic E-state index is 5.94. The van der Waals surface area contributed by atoms with Crippen LogP contribution < -0.4 is 0 Å². The largest absolute Gasteiger partial charge is 0.378 e. The molecule has 4 heteroatoms. The third-order valence-electron chi connectivity index (χ3n) is 4.25. The average molecular weight is 307 g/mol. The highest BCUT2D eigenvalue weighted by Gasteiger charge is 2.16. The molecule has 1 aliphatic rings. The molecule has 0 spiro atoms. The Hall–Kier alpha value is -1.06. The van der Waals surface area contributed by atoms with Crippen LogP contribution in [0.3, 0.4) is 0 Å². The Morgan fingerprint density at radius 1 is 1.38 bits per heavy atom. The highest BCUT2D eigenvalue weighted by Crippen LogP contribution is 2.22. The van der Waals surface area contributed by atoms with Gasteiger partial charge in [0.05, 0.1) is 17.1 Å². The Morgan fingerprint density at radius 3 is 3.05 bits per heavy atom. The molecule has 21 heavy (non-hydrogen) atoms. The van der Waals surface area contributed by atoms with Crippen LogP contribution in [0.25, 0.3) is 11.0 Å². The van der Waals surface area contributed by atoms with E-state index in [1.807, 2.05) is 0 Å². The van der Waals surface area contributed by atoms with Crippen LogP contribution in [0, 0.1) is 6.92 Å². The van der Waals surface area contributed by atoms with Crippen LogP contribution >= 0.6 is 11.6 Å². The minimum atomic E-state index is 0.407. The Kier molecular flexibility index (Phi) is 4.81. The summed E-state index contributed by atoms with van der Waals surface area (Å²) >= 11 is 5.94. The fourth-order valence-corrected chi connectivity index (χ4v) is 3.28. The third-order valence-corrected chi connectivity index (χ3v) is 4.44. The van der Waals surface area contributed by atoms with Gasteiger partial charge >= 0.3 is 0 Å². The monoisotopic (exact) mass is 306 g/mol. The summed E-state index contributed by atoms with van der Waals surface area (Å²) in [5.74, 6) is 1.71. The molecule has 0 bridgehead atoms. The second-order valence-corrected chi connectivity index (χ2v) is 6.27. The molecule has 1 aromatic carbocycles. The van der Waals surface area contributed by atoms with Gasteiger partial charge in [0.2, 0.25) is 0 Å². The average Bonchev–Trinajstić information content (AvgIpc) is 2.83. The molecule has 2 heterocycles. The van der Waals surface area contributed by atoms with Crippen LogP contribution in [0.1, 0.15) is 37.1 Å². The van der Waals surface area contributed by atoms with Crippen LogP contribution in [-0.4, -0.2) is 28.1 Å². The van der Waals surface area contributed by atoms with Crippen molar-refractivity contribution < 1.29 is 4.74 Å². The van der Waals surface area contributed by atoms with E-state index in [1.165, 1.54) is 30.3 Å². The summed E-state index contributed by atoms with van der Waals surface area (Å²) in [6.45, 7) is 4.02. The quantitative estimate of drug-likeness (QED) is 0.778. The summed E-state index contributed by atoms with van der Waals surface area (Å²) in [6, 6.07) is 6.45. The Labute approximate surface area is 131 Å². The first-order valence-corrected chi connectivity index (χ1v) is 8.44. The van der Waals surface area contributed by atoms with Crippen LogP contribution in [0.5, 0.6) is 0 Å². The van der Waals surface area contributed by atoms with E-state index in [9.17, 15) is 0 Å². The molecular weight excluding hydrogens is 284 g/mol. The number of fused-ring (bicyclic) bond motifs is 1. The summed E-state index contributed by atoms with van der Waals surface area (Å²) in [5.41, 5.74) is 3.58. The van der Waals surface area contributed by atoms with Gasteiger partial charge in [-0.05, 0) is 50.3 Å². The summed E-state index contributed by atoms with van der Waals surface area (Å²) in [6.07, 6.45) is 5.99. The van der Waals surface area contributed by atoms with Crippen molar-refractivity contribution in [2.24, 2.45) is 0 Å². The summed E-state index contributed by atoms with van der Waals surface area (Å²) in [4.78, 5) is 4.74. The molecule has 3 nitrogen and oxygen atoms in total. The standard InChI is InChI=1S/C17H23ClN2O/c1-13-5-6-15-16(12-13)20(17(19-15)7-9-18)10-8-14-4-2-3-11-21-14/h5-6,12,14H,2-4,7-11H2,1H3.